The van der Waals surface area contributed by atoms with Crippen LogP contribution in [-0.2, 0) is 11.3 Å². The van der Waals surface area contributed by atoms with Gasteiger partial charge in [-0.15, -0.1) is 0 Å². The summed E-state index contributed by atoms with van der Waals surface area (Å²) in [5, 5.41) is 12.0. The van der Waals surface area contributed by atoms with E-state index in [4.69, 9.17) is 0 Å². The minimum atomic E-state index is -0.390. The second-order valence-electron chi connectivity index (χ2n) is 4.01. The van der Waals surface area contributed by atoms with Crippen molar-refractivity contribution < 1.29 is 9.90 Å². The molecule has 0 aromatic carbocycles. The molecule has 5 nitrogen and oxygen atoms in total. The highest BCUT2D eigenvalue weighted by molar-refractivity contribution is 9.10. The van der Waals surface area contributed by atoms with Gasteiger partial charge in [-0.2, -0.15) is 0 Å². The van der Waals surface area contributed by atoms with Crippen molar-refractivity contribution in [3.8, 4) is 0 Å². The molecule has 1 unspecified atom stereocenters. The highest BCUT2D eigenvalue weighted by Gasteiger charge is 2.06. The average molecular weight is 317 g/mol. The maximum atomic E-state index is 11.6. The molecule has 1 rings (SSSR count). The van der Waals surface area contributed by atoms with Gasteiger partial charge in [0.15, 0.2) is 0 Å². The van der Waals surface area contributed by atoms with Crippen molar-refractivity contribution >= 4 is 21.8 Å². The van der Waals surface area contributed by atoms with Crippen molar-refractivity contribution in [2.45, 2.75) is 32.4 Å². The Morgan fingerprint density at radius 3 is 2.94 bits per heavy atom. The molecule has 0 saturated heterocycles. The molecule has 1 aromatic heterocycles. The Labute approximate surface area is 114 Å². The lowest BCUT2D eigenvalue weighted by Crippen LogP contribution is -2.33. The molecule has 0 bridgehead atoms. The number of hydrogen-bond acceptors (Lipinski definition) is 3. The van der Waals surface area contributed by atoms with Gasteiger partial charge in [0.2, 0.25) is 5.91 Å². The Hall–Kier alpha value is -1.14. The maximum Gasteiger partial charge on any atom is 0.251 e. The lowest BCUT2D eigenvalue weighted by Gasteiger charge is -2.10. The average Bonchev–Trinajstić information content (AvgIpc) is 2.33. The summed E-state index contributed by atoms with van der Waals surface area (Å²) in [4.78, 5) is 23.0. The van der Waals surface area contributed by atoms with Crippen LogP contribution in [0.1, 0.15) is 19.8 Å². The number of amides is 1. The molecule has 100 valence electrons. The molecule has 1 aromatic rings. The van der Waals surface area contributed by atoms with Gasteiger partial charge < -0.3 is 15.0 Å². The smallest absolute Gasteiger partial charge is 0.251 e. The van der Waals surface area contributed by atoms with Crippen molar-refractivity contribution in [3.63, 3.8) is 0 Å². The van der Waals surface area contributed by atoms with E-state index in [1.165, 1.54) is 10.6 Å². The third-order valence-corrected chi connectivity index (χ3v) is 3.00. The van der Waals surface area contributed by atoms with Crippen LogP contribution in [0.25, 0.3) is 0 Å². The number of aromatic nitrogens is 1. The van der Waals surface area contributed by atoms with Crippen molar-refractivity contribution in [2.75, 3.05) is 6.54 Å². The Balaban J connectivity index is 2.45. The van der Waals surface area contributed by atoms with Crippen LogP contribution in [0.5, 0.6) is 0 Å². The highest BCUT2D eigenvalue weighted by atomic mass is 79.9. The number of carbonyl (C=O) groups is 1. The Morgan fingerprint density at radius 2 is 2.28 bits per heavy atom. The van der Waals surface area contributed by atoms with E-state index in [1.807, 2.05) is 6.92 Å². The Morgan fingerprint density at radius 1 is 1.56 bits per heavy atom. The number of halogens is 1. The van der Waals surface area contributed by atoms with Gasteiger partial charge in [-0.3, -0.25) is 9.59 Å². The molecule has 6 heteroatoms. The van der Waals surface area contributed by atoms with Gasteiger partial charge in [-0.05, 0) is 34.8 Å². The SMILES string of the molecule is CCC(O)CCNC(=O)Cn1cc(Br)ccc1=O. The number of rotatable bonds is 6. The van der Waals surface area contributed by atoms with E-state index in [0.717, 1.165) is 4.47 Å². The zero-order valence-corrected chi connectivity index (χ0v) is 11.8. The van der Waals surface area contributed by atoms with Crippen LogP contribution in [-0.4, -0.2) is 28.2 Å². The summed E-state index contributed by atoms with van der Waals surface area (Å²) >= 11 is 3.24. The summed E-state index contributed by atoms with van der Waals surface area (Å²) in [6.45, 7) is 2.28. The fraction of sp³-hybridized carbons (Fsp3) is 0.500. The summed E-state index contributed by atoms with van der Waals surface area (Å²) in [5.74, 6) is -0.237. The van der Waals surface area contributed by atoms with Crippen LogP contribution in [0.3, 0.4) is 0 Å². The molecule has 0 aliphatic carbocycles. The van der Waals surface area contributed by atoms with E-state index in [9.17, 15) is 14.7 Å². The molecular weight excluding hydrogens is 300 g/mol. The lowest BCUT2D eigenvalue weighted by atomic mass is 10.2. The van der Waals surface area contributed by atoms with E-state index in [-0.39, 0.29) is 24.1 Å². The highest BCUT2D eigenvalue weighted by Crippen LogP contribution is 2.04. The van der Waals surface area contributed by atoms with Gasteiger partial charge in [-0.1, -0.05) is 6.92 Å². The van der Waals surface area contributed by atoms with Crippen molar-refractivity contribution in [1.82, 2.24) is 9.88 Å². The molecule has 1 amide bonds. The van der Waals surface area contributed by atoms with Crippen molar-refractivity contribution in [1.29, 1.82) is 0 Å². The predicted octanol–water partition coefficient (Wildman–Crippen LogP) is 0.888. The summed E-state index contributed by atoms with van der Waals surface area (Å²) in [5.41, 5.74) is -0.220. The van der Waals surface area contributed by atoms with Crippen molar-refractivity contribution in [3.05, 3.63) is 33.2 Å². The first kappa shape index (κ1) is 14.9. The predicted molar refractivity (Wildman–Crippen MR) is 72.3 cm³/mol. The fourth-order valence-corrected chi connectivity index (χ4v) is 1.80. The van der Waals surface area contributed by atoms with Gasteiger partial charge >= 0.3 is 0 Å². The standard InChI is InChI=1S/C12H17BrN2O3/c1-2-10(16)5-6-14-11(17)8-15-7-9(13)3-4-12(15)18/h3-4,7,10,16H,2,5-6,8H2,1H3,(H,14,17). The van der Waals surface area contributed by atoms with Crippen LogP contribution in [0.4, 0.5) is 0 Å². The normalized spacial score (nSPS) is 12.2. The first-order chi connectivity index (χ1) is 8.52. The summed E-state index contributed by atoms with van der Waals surface area (Å²) in [6, 6.07) is 3.03. The van der Waals surface area contributed by atoms with Gasteiger partial charge in [0.25, 0.3) is 5.56 Å². The number of pyridine rings is 1. The zero-order valence-electron chi connectivity index (χ0n) is 10.2. The molecule has 0 radical (unpaired) electrons. The summed E-state index contributed by atoms with van der Waals surface area (Å²) in [6.07, 6.45) is 2.37. The molecule has 2 N–H and O–H groups in total. The molecule has 0 aliphatic rings. The maximum absolute atomic E-state index is 11.6. The van der Waals surface area contributed by atoms with Crippen LogP contribution in [0, 0.1) is 0 Å². The fourth-order valence-electron chi connectivity index (χ4n) is 1.42. The number of hydrogen-bond donors (Lipinski definition) is 2. The van der Waals surface area contributed by atoms with E-state index >= 15 is 0 Å². The Bertz CT molecular complexity index is 459. The van der Waals surface area contributed by atoms with Crippen LogP contribution in [0.15, 0.2) is 27.6 Å². The summed E-state index contributed by atoms with van der Waals surface area (Å²) < 4.78 is 2.08. The van der Waals surface area contributed by atoms with E-state index in [1.54, 1.807) is 12.3 Å². The molecule has 0 spiro atoms. The Kier molecular flexibility index (Phi) is 6.07. The van der Waals surface area contributed by atoms with Gasteiger partial charge in [0.05, 0.1) is 6.10 Å². The third kappa shape index (κ3) is 5.01. The van der Waals surface area contributed by atoms with E-state index < -0.39 is 0 Å². The number of aliphatic hydroxyl groups excluding tert-OH is 1. The molecule has 0 fully saturated rings. The van der Waals surface area contributed by atoms with Gasteiger partial charge in [0, 0.05) is 23.3 Å². The van der Waals surface area contributed by atoms with Gasteiger partial charge in [0.1, 0.15) is 6.54 Å². The topological polar surface area (TPSA) is 71.3 Å². The number of nitrogens with one attached hydrogen (secondary N) is 1. The number of carbonyl (C=O) groups excluding carboxylic acids is 1. The molecule has 0 aliphatic heterocycles. The van der Waals surface area contributed by atoms with E-state index in [2.05, 4.69) is 21.2 Å². The molecule has 1 heterocycles. The molecule has 18 heavy (non-hydrogen) atoms. The molecule has 1 atom stereocenters. The number of aliphatic hydroxyl groups is 1. The molecule has 0 saturated carbocycles. The second kappa shape index (κ2) is 7.33. The third-order valence-electron chi connectivity index (χ3n) is 2.53. The van der Waals surface area contributed by atoms with Crippen LogP contribution >= 0.6 is 15.9 Å². The first-order valence-electron chi connectivity index (χ1n) is 5.83. The van der Waals surface area contributed by atoms with Gasteiger partial charge in [-0.25, -0.2) is 0 Å². The first-order valence-corrected chi connectivity index (χ1v) is 6.63. The van der Waals surface area contributed by atoms with E-state index in [0.29, 0.717) is 19.4 Å². The van der Waals surface area contributed by atoms with Crippen LogP contribution < -0.4 is 10.9 Å². The van der Waals surface area contributed by atoms with Crippen molar-refractivity contribution in [2.24, 2.45) is 0 Å². The monoisotopic (exact) mass is 316 g/mol. The second-order valence-corrected chi connectivity index (χ2v) is 4.93. The summed E-state index contributed by atoms with van der Waals surface area (Å²) in [7, 11) is 0. The quantitative estimate of drug-likeness (QED) is 0.818. The number of nitrogens with zero attached hydrogens (tertiary/aromatic N) is 1. The minimum Gasteiger partial charge on any atom is -0.393 e. The largest absolute Gasteiger partial charge is 0.393 e. The van der Waals surface area contributed by atoms with Crippen LogP contribution in [0.2, 0.25) is 0 Å². The molecular formula is C12H17BrN2O3. The minimum absolute atomic E-state index is 0.0134. The zero-order chi connectivity index (χ0) is 13.5. The lowest BCUT2D eigenvalue weighted by molar-refractivity contribution is -0.121.